The number of benzene rings is 1. The maximum atomic E-state index is 13.2. The highest BCUT2D eigenvalue weighted by Crippen LogP contribution is 2.18. The number of rotatable bonds is 3. The molecule has 3 N–H and O–H groups in total. The zero-order chi connectivity index (χ0) is 11.4. The van der Waals surface area contributed by atoms with Gasteiger partial charge in [0.15, 0.2) is 0 Å². The molecule has 0 saturated carbocycles. The van der Waals surface area contributed by atoms with Gasteiger partial charge in [0.2, 0.25) is 0 Å². The molecule has 2 rings (SSSR count). The Morgan fingerprint density at radius 3 is 2.81 bits per heavy atom. The van der Waals surface area contributed by atoms with Gasteiger partial charge in [0, 0.05) is 18.4 Å². The first kappa shape index (κ1) is 10.6. The summed E-state index contributed by atoms with van der Waals surface area (Å²) in [7, 11) is 0. The monoisotopic (exact) mass is 217 g/mol. The van der Waals surface area contributed by atoms with Gasteiger partial charge >= 0.3 is 0 Å². The number of nitrogens with zero attached hydrogens (tertiary/aromatic N) is 1. The Morgan fingerprint density at radius 2 is 2.12 bits per heavy atom. The molecule has 0 aliphatic carbocycles. The van der Waals surface area contributed by atoms with Crippen LogP contribution in [0.1, 0.15) is 5.56 Å². The van der Waals surface area contributed by atoms with E-state index in [1.54, 1.807) is 12.4 Å². The number of halogens is 1. The van der Waals surface area contributed by atoms with Gasteiger partial charge in [-0.15, -0.1) is 0 Å². The van der Waals surface area contributed by atoms with Gasteiger partial charge in [-0.3, -0.25) is 4.98 Å². The molecule has 0 spiro atoms. The lowest BCUT2D eigenvalue weighted by atomic mass is 10.2. The van der Waals surface area contributed by atoms with Crippen molar-refractivity contribution in [3.63, 3.8) is 0 Å². The maximum absolute atomic E-state index is 13.2. The molecule has 0 fully saturated rings. The Bertz CT molecular complexity index is 471. The van der Waals surface area contributed by atoms with E-state index in [0.717, 1.165) is 11.3 Å². The predicted octanol–water partition coefficient (Wildman–Crippen LogP) is 2.42. The van der Waals surface area contributed by atoms with Crippen LogP contribution in [0.4, 0.5) is 15.8 Å². The van der Waals surface area contributed by atoms with Gasteiger partial charge in [-0.1, -0.05) is 0 Å². The van der Waals surface area contributed by atoms with E-state index >= 15 is 0 Å². The number of nitrogens with two attached hydrogens (primary N) is 1. The minimum atomic E-state index is -0.297. The Balaban J connectivity index is 2.24. The van der Waals surface area contributed by atoms with E-state index in [0.29, 0.717) is 12.2 Å². The van der Waals surface area contributed by atoms with Crippen molar-refractivity contribution in [3.8, 4) is 0 Å². The SMILES string of the molecule is NCc1cc(F)cc(Nc2cccnc2)c1. The fraction of sp³-hybridized carbons (Fsp3) is 0.0833. The molecule has 2 aromatic rings. The molecular weight excluding hydrogens is 205 g/mol. The lowest BCUT2D eigenvalue weighted by Gasteiger charge is -2.07. The van der Waals surface area contributed by atoms with Crippen molar-refractivity contribution in [2.45, 2.75) is 6.54 Å². The van der Waals surface area contributed by atoms with E-state index in [9.17, 15) is 4.39 Å². The summed E-state index contributed by atoms with van der Waals surface area (Å²) in [6, 6.07) is 8.34. The molecule has 0 amide bonds. The Labute approximate surface area is 93.1 Å². The predicted molar refractivity (Wildman–Crippen MR) is 61.8 cm³/mol. The molecule has 0 radical (unpaired) electrons. The van der Waals surface area contributed by atoms with Crippen molar-refractivity contribution in [3.05, 3.63) is 54.1 Å². The summed E-state index contributed by atoms with van der Waals surface area (Å²) in [5.41, 5.74) is 7.72. The van der Waals surface area contributed by atoms with Gasteiger partial charge in [0.05, 0.1) is 11.9 Å². The summed E-state index contributed by atoms with van der Waals surface area (Å²) in [6.45, 7) is 0.319. The molecule has 1 heterocycles. The molecule has 0 atom stereocenters. The second-order valence-corrected chi connectivity index (χ2v) is 3.42. The quantitative estimate of drug-likeness (QED) is 0.830. The largest absolute Gasteiger partial charge is 0.354 e. The number of hydrogen-bond acceptors (Lipinski definition) is 3. The van der Waals surface area contributed by atoms with Gasteiger partial charge in [-0.2, -0.15) is 0 Å². The van der Waals surface area contributed by atoms with Crippen molar-refractivity contribution in [2.24, 2.45) is 5.73 Å². The third-order valence-corrected chi connectivity index (χ3v) is 2.14. The molecule has 0 aliphatic rings. The third kappa shape index (κ3) is 2.55. The lowest BCUT2D eigenvalue weighted by molar-refractivity contribution is 0.626. The minimum Gasteiger partial charge on any atom is -0.354 e. The molecule has 4 heteroatoms. The van der Waals surface area contributed by atoms with Crippen LogP contribution in [0.3, 0.4) is 0 Å². The maximum Gasteiger partial charge on any atom is 0.125 e. The van der Waals surface area contributed by atoms with Crippen molar-refractivity contribution in [2.75, 3.05) is 5.32 Å². The number of hydrogen-bond donors (Lipinski definition) is 2. The molecule has 1 aromatic carbocycles. The molecule has 0 aliphatic heterocycles. The summed E-state index contributed by atoms with van der Waals surface area (Å²) in [6.07, 6.45) is 3.36. The van der Waals surface area contributed by atoms with Crippen molar-refractivity contribution in [1.29, 1.82) is 0 Å². The molecule has 0 bridgehead atoms. The van der Waals surface area contributed by atoms with Crippen LogP contribution >= 0.6 is 0 Å². The number of pyridine rings is 1. The normalized spacial score (nSPS) is 10.1. The Morgan fingerprint density at radius 1 is 1.25 bits per heavy atom. The van der Waals surface area contributed by atoms with E-state index in [1.165, 1.54) is 12.1 Å². The zero-order valence-electron chi connectivity index (χ0n) is 8.65. The first-order valence-corrected chi connectivity index (χ1v) is 4.94. The summed E-state index contributed by atoms with van der Waals surface area (Å²) in [5, 5.41) is 3.06. The van der Waals surface area contributed by atoms with Crippen LogP contribution in [0.25, 0.3) is 0 Å². The van der Waals surface area contributed by atoms with Gasteiger partial charge in [0.1, 0.15) is 5.82 Å². The Kier molecular flexibility index (Phi) is 3.12. The topological polar surface area (TPSA) is 50.9 Å². The third-order valence-electron chi connectivity index (χ3n) is 2.14. The van der Waals surface area contributed by atoms with Gasteiger partial charge in [-0.25, -0.2) is 4.39 Å². The van der Waals surface area contributed by atoms with Crippen LogP contribution in [-0.2, 0) is 6.54 Å². The van der Waals surface area contributed by atoms with E-state index in [4.69, 9.17) is 5.73 Å². The molecule has 82 valence electrons. The Hall–Kier alpha value is -1.94. The highest BCUT2D eigenvalue weighted by Gasteiger charge is 2.00. The first-order chi connectivity index (χ1) is 7.78. The van der Waals surface area contributed by atoms with Gasteiger partial charge in [0.25, 0.3) is 0 Å². The lowest BCUT2D eigenvalue weighted by Crippen LogP contribution is -1.99. The van der Waals surface area contributed by atoms with Gasteiger partial charge < -0.3 is 11.1 Å². The molecule has 0 saturated heterocycles. The van der Waals surface area contributed by atoms with E-state index in [1.807, 2.05) is 18.2 Å². The van der Waals surface area contributed by atoms with Crippen molar-refractivity contribution >= 4 is 11.4 Å². The summed E-state index contributed by atoms with van der Waals surface area (Å²) in [4.78, 5) is 3.96. The van der Waals surface area contributed by atoms with E-state index < -0.39 is 0 Å². The van der Waals surface area contributed by atoms with Crippen LogP contribution in [0, 0.1) is 5.82 Å². The average Bonchev–Trinajstić information content (AvgIpc) is 2.29. The molecule has 16 heavy (non-hydrogen) atoms. The van der Waals surface area contributed by atoms with Crippen LogP contribution in [-0.4, -0.2) is 4.98 Å². The summed E-state index contributed by atoms with van der Waals surface area (Å²) in [5.74, 6) is -0.297. The van der Waals surface area contributed by atoms with Crippen LogP contribution in [0.15, 0.2) is 42.7 Å². The standard InChI is InChI=1S/C12H12FN3/c13-10-4-9(7-14)5-12(6-10)16-11-2-1-3-15-8-11/h1-6,8,16H,7,14H2. The number of nitrogens with one attached hydrogen (secondary N) is 1. The zero-order valence-corrected chi connectivity index (χ0v) is 8.65. The second-order valence-electron chi connectivity index (χ2n) is 3.42. The fourth-order valence-electron chi connectivity index (χ4n) is 1.44. The smallest absolute Gasteiger partial charge is 0.125 e. The summed E-state index contributed by atoms with van der Waals surface area (Å²) >= 11 is 0. The summed E-state index contributed by atoms with van der Waals surface area (Å²) < 4.78 is 13.2. The van der Waals surface area contributed by atoms with E-state index in [2.05, 4.69) is 10.3 Å². The fourth-order valence-corrected chi connectivity index (χ4v) is 1.44. The highest BCUT2D eigenvalue weighted by molar-refractivity contribution is 5.59. The number of anilines is 2. The van der Waals surface area contributed by atoms with Crippen molar-refractivity contribution < 1.29 is 4.39 Å². The van der Waals surface area contributed by atoms with Crippen LogP contribution < -0.4 is 11.1 Å². The minimum absolute atomic E-state index is 0.297. The van der Waals surface area contributed by atoms with Gasteiger partial charge in [-0.05, 0) is 35.9 Å². The van der Waals surface area contributed by atoms with Crippen LogP contribution in [0.5, 0.6) is 0 Å². The molecule has 3 nitrogen and oxygen atoms in total. The number of aromatic nitrogens is 1. The molecule has 0 unspecified atom stereocenters. The average molecular weight is 217 g/mol. The first-order valence-electron chi connectivity index (χ1n) is 4.94. The van der Waals surface area contributed by atoms with Crippen molar-refractivity contribution in [1.82, 2.24) is 4.98 Å². The highest BCUT2D eigenvalue weighted by atomic mass is 19.1. The second kappa shape index (κ2) is 4.72. The molecule has 1 aromatic heterocycles. The van der Waals surface area contributed by atoms with E-state index in [-0.39, 0.29) is 5.82 Å². The molecular formula is C12H12FN3. The van der Waals surface area contributed by atoms with Crippen LogP contribution in [0.2, 0.25) is 0 Å².